The van der Waals surface area contributed by atoms with Gasteiger partial charge in [0.2, 0.25) is 5.91 Å². The Kier molecular flexibility index (Phi) is 5.89. The summed E-state index contributed by atoms with van der Waals surface area (Å²) in [6.07, 6.45) is -0.00303. The molecule has 0 atom stereocenters. The van der Waals surface area contributed by atoms with Gasteiger partial charge in [-0.2, -0.15) is 4.99 Å². The second-order valence-corrected chi connectivity index (χ2v) is 9.35. The number of carbonyl (C=O) groups excluding carboxylic acids is 1. The molecule has 0 aliphatic rings. The topological polar surface area (TPSA) is 112 Å². The largest absolute Gasteiger partial charge is 0.319 e. The Bertz CT molecular complexity index is 1260. The highest BCUT2D eigenvalue weighted by molar-refractivity contribution is 7.91. The highest BCUT2D eigenvalue weighted by Gasteiger charge is 2.15. The maximum Gasteiger partial charge on any atom is 0.271 e. The quantitative estimate of drug-likeness (QED) is 0.334. The number of amides is 1. The van der Waals surface area contributed by atoms with Crippen LogP contribution in [0.25, 0.3) is 10.2 Å². The molecule has 0 unspecified atom stereocenters. The molecule has 1 aromatic heterocycles. The second-order valence-electron chi connectivity index (χ2n) is 6.23. The highest BCUT2D eigenvalue weighted by Crippen LogP contribution is 2.22. The third kappa shape index (κ3) is 4.74. The van der Waals surface area contributed by atoms with Crippen LogP contribution >= 0.6 is 11.3 Å². The summed E-state index contributed by atoms with van der Waals surface area (Å²) in [6.45, 7) is 0. The van der Waals surface area contributed by atoms with E-state index in [1.165, 1.54) is 35.6 Å². The molecule has 0 aliphatic carbocycles. The summed E-state index contributed by atoms with van der Waals surface area (Å²) in [5.74, 6) is -1.28. The number of aromatic nitrogens is 1. The van der Waals surface area contributed by atoms with E-state index in [1.807, 2.05) is 0 Å². The van der Waals surface area contributed by atoms with Crippen LogP contribution in [0.3, 0.4) is 0 Å². The van der Waals surface area contributed by atoms with Crippen molar-refractivity contribution in [2.75, 3.05) is 5.75 Å². The van der Waals surface area contributed by atoms with Crippen molar-refractivity contribution in [3.8, 4) is 0 Å². The van der Waals surface area contributed by atoms with Gasteiger partial charge in [0.1, 0.15) is 5.82 Å². The van der Waals surface area contributed by atoms with Crippen molar-refractivity contribution in [1.29, 1.82) is 0 Å². The molecule has 0 spiro atoms. The summed E-state index contributed by atoms with van der Waals surface area (Å²) < 4.78 is 39.7. The van der Waals surface area contributed by atoms with Gasteiger partial charge in [0.05, 0.1) is 25.8 Å². The average molecular weight is 437 g/mol. The number of nitro benzene ring substituents is 1. The zero-order valence-electron chi connectivity index (χ0n) is 15.2. The minimum atomic E-state index is -3.61. The third-order valence-electron chi connectivity index (χ3n) is 4.20. The van der Waals surface area contributed by atoms with Gasteiger partial charge in [-0.3, -0.25) is 14.9 Å². The van der Waals surface area contributed by atoms with Gasteiger partial charge in [-0.1, -0.05) is 11.3 Å². The summed E-state index contributed by atoms with van der Waals surface area (Å²) >= 11 is 1.21. The van der Waals surface area contributed by atoms with Gasteiger partial charge < -0.3 is 4.57 Å². The first-order valence-corrected chi connectivity index (χ1v) is 10.9. The molecule has 0 fully saturated rings. The molecule has 29 heavy (non-hydrogen) atoms. The zero-order chi connectivity index (χ0) is 21.2. The number of fused-ring (bicyclic) bond motifs is 1. The van der Waals surface area contributed by atoms with Gasteiger partial charge in [0.15, 0.2) is 14.6 Å². The van der Waals surface area contributed by atoms with E-state index in [2.05, 4.69) is 4.99 Å². The second kappa shape index (κ2) is 8.21. The Hall–Kier alpha value is -2.92. The van der Waals surface area contributed by atoms with Crippen LogP contribution in [0.15, 0.2) is 52.4 Å². The van der Waals surface area contributed by atoms with Gasteiger partial charge in [-0.15, -0.1) is 0 Å². The lowest BCUT2D eigenvalue weighted by Crippen LogP contribution is -2.14. The number of thiazole rings is 1. The van der Waals surface area contributed by atoms with Crippen molar-refractivity contribution in [3.05, 3.63) is 63.2 Å². The highest BCUT2D eigenvalue weighted by atomic mass is 32.2. The number of aryl methyl sites for hydroxylation is 1. The summed E-state index contributed by atoms with van der Waals surface area (Å²) in [5.41, 5.74) is 0.518. The van der Waals surface area contributed by atoms with Gasteiger partial charge in [0.25, 0.3) is 5.69 Å². The van der Waals surface area contributed by atoms with Crippen molar-refractivity contribution in [3.63, 3.8) is 0 Å². The SMILES string of the molecule is Cn1c(=NC(=O)CCCS(=O)(=O)c2ccc(F)cc2)sc2ccc([N+](=O)[O-])cc21. The summed E-state index contributed by atoms with van der Waals surface area (Å²) in [4.78, 5) is 26.9. The van der Waals surface area contributed by atoms with Crippen molar-refractivity contribution in [2.45, 2.75) is 17.7 Å². The lowest BCUT2D eigenvalue weighted by molar-refractivity contribution is -0.384. The van der Waals surface area contributed by atoms with Crippen LogP contribution in [0.1, 0.15) is 12.8 Å². The number of carbonyl (C=O) groups is 1. The van der Waals surface area contributed by atoms with Crippen LogP contribution in [0.4, 0.5) is 10.1 Å². The van der Waals surface area contributed by atoms with Crippen LogP contribution in [0, 0.1) is 15.9 Å². The summed E-state index contributed by atoms with van der Waals surface area (Å²) in [6, 6.07) is 8.89. The number of nitrogens with zero attached hydrogens (tertiary/aromatic N) is 3. The molecule has 3 aromatic rings. The van der Waals surface area contributed by atoms with E-state index in [0.717, 1.165) is 16.8 Å². The zero-order valence-corrected chi connectivity index (χ0v) is 16.9. The maximum absolute atomic E-state index is 12.9. The van der Waals surface area contributed by atoms with Crippen LogP contribution < -0.4 is 4.80 Å². The molecular weight excluding hydrogens is 421 g/mol. The molecule has 1 heterocycles. The molecule has 0 N–H and O–H groups in total. The first-order valence-electron chi connectivity index (χ1n) is 8.47. The molecule has 2 aromatic carbocycles. The number of benzene rings is 2. The van der Waals surface area contributed by atoms with E-state index < -0.39 is 26.5 Å². The van der Waals surface area contributed by atoms with E-state index in [4.69, 9.17) is 0 Å². The first-order chi connectivity index (χ1) is 13.7. The maximum atomic E-state index is 12.9. The number of non-ortho nitro benzene ring substituents is 1. The fourth-order valence-electron chi connectivity index (χ4n) is 2.67. The predicted molar refractivity (Wildman–Crippen MR) is 106 cm³/mol. The minimum absolute atomic E-state index is 0.000730. The lowest BCUT2D eigenvalue weighted by atomic mass is 10.3. The number of hydrogen-bond donors (Lipinski definition) is 0. The molecule has 0 saturated carbocycles. The Morgan fingerprint density at radius 3 is 2.59 bits per heavy atom. The Morgan fingerprint density at radius 1 is 1.24 bits per heavy atom. The minimum Gasteiger partial charge on any atom is -0.319 e. The van der Waals surface area contributed by atoms with E-state index in [1.54, 1.807) is 17.7 Å². The third-order valence-corrected chi connectivity index (χ3v) is 7.13. The van der Waals surface area contributed by atoms with Crippen LogP contribution in [0.2, 0.25) is 0 Å². The Balaban J connectivity index is 1.71. The Morgan fingerprint density at radius 2 is 1.93 bits per heavy atom. The number of rotatable bonds is 6. The van der Waals surface area contributed by atoms with Crippen molar-refractivity contribution < 1.29 is 22.5 Å². The van der Waals surface area contributed by atoms with E-state index >= 15 is 0 Å². The normalized spacial score (nSPS) is 12.4. The molecule has 3 rings (SSSR count). The van der Waals surface area contributed by atoms with E-state index in [9.17, 15) is 27.7 Å². The Labute approximate surface area is 169 Å². The summed E-state index contributed by atoms with van der Waals surface area (Å²) in [7, 11) is -1.97. The molecule has 0 saturated heterocycles. The standard InChI is InChI=1S/C18H16FN3O5S2/c1-21-15-11-13(22(24)25)6-9-16(15)28-18(21)20-17(23)3-2-10-29(26,27)14-7-4-12(19)5-8-14/h4-9,11H,2-3,10H2,1H3. The average Bonchev–Trinajstić information content (AvgIpc) is 2.97. The molecule has 0 aliphatic heterocycles. The lowest BCUT2D eigenvalue weighted by Gasteiger charge is -2.03. The smallest absolute Gasteiger partial charge is 0.271 e. The van der Waals surface area contributed by atoms with Gasteiger partial charge in [-0.25, -0.2) is 12.8 Å². The molecule has 0 radical (unpaired) electrons. The van der Waals surface area contributed by atoms with E-state index in [-0.39, 0.29) is 29.2 Å². The monoisotopic (exact) mass is 437 g/mol. The van der Waals surface area contributed by atoms with Crippen molar-refractivity contribution in [2.24, 2.45) is 12.0 Å². The van der Waals surface area contributed by atoms with Crippen molar-refractivity contribution in [1.82, 2.24) is 4.57 Å². The molecular formula is C18H16FN3O5S2. The molecule has 1 amide bonds. The fraction of sp³-hybridized carbons (Fsp3) is 0.222. The number of halogens is 1. The van der Waals surface area contributed by atoms with E-state index in [0.29, 0.717) is 10.3 Å². The van der Waals surface area contributed by atoms with Gasteiger partial charge in [-0.05, 0) is 36.8 Å². The van der Waals surface area contributed by atoms with Crippen molar-refractivity contribution >= 4 is 43.0 Å². The summed E-state index contributed by atoms with van der Waals surface area (Å²) in [5, 5.41) is 10.9. The molecule has 8 nitrogen and oxygen atoms in total. The number of hydrogen-bond acceptors (Lipinski definition) is 6. The van der Waals surface area contributed by atoms with Crippen LogP contribution in [0.5, 0.6) is 0 Å². The molecule has 0 bridgehead atoms. The molecule has 11 heteroatoms. The van der Waals surface area contributed by atoms with Crippen LogP contribution in [-0.2, 0) is 21.7 Å². The number of sulfone groups is 1. The molecule has 152 valence electrons. The predicted octanol–water partition coefficient (Wildman–Crippen LogP) is 2.97. The van der Waals surface area contributed by atoms with Gasteiger partial charge >= 0.3 is 0 Å². The fourth-order valence-corrected chi connectivity index (χ4v) is 5.00. The first kappa shape index (κ1) is 20.8. The van der Waals surface area contributed by atoms with Gasteiger partial charge in [0, 0.05) is 25.6 Å². The number of nitro groups is 1. The van der Waals surface area contributed by atoms with Crippen LogP contribution in [-0.4, -0.2) is 29.6 Å².